The molecule has 0 saturated carbocycles. The van der Waals surface area contributed by atoms with Crippen LogP contribution in [0.3, 0.4) is 0 Å². The second kappa shape index (κ2) is 9.13. The molecule has 2 rings (SSSR count). The summed E-state index contributed by atoms with van der Waals surface area (Å²) in [6.45, 7) is 7.19. The van der Waals surface area contributed by atoms with Crippen molar-refractivity contribution in [3.8, 4) is 11.5 Å². The summed E-state index contributed by atoms with van der Waals surface area (Å²) in [6.07, 6.45) is 0. The fraction of sp³-hybridized carbons (Fsp3) is 0.316. The number of benzene rings is 2. The third-order valence-corrected chi connectivity index (χ3v) is 3.67. The molecule has 0 fully saturated rings. The Morgan fingerprint density at radius 3 is 2.33 bits per heavy atom. The third kappa shape index (κ3) is 5.13. The zero-order valence-electron chi connectivity index (χ0n) is 14.3. The van der Waals surface area contributed by atoms with Gasteiger partial charge in [0.15, 0.2) is 16.6 Å². The van der Waals surface area contributed by atoms with E-state index in [1.54, 1.807) is 0 Å². The standard InChI is InChI=1S/C19H24N2O2S/c1-4-22-17-12-11-15(13-18(17)23-5-2)14(3)20-19(24)21-16-9-7-6-8-10-16/h6-14H,4-5H2,1-3H3,(H2,20,21,24)/t14-/m0/s1. The monoisotopic (exact) mass is 344 g/mol. The van der Waals surface area contributed by atoms with Crippen LogP contribution in [0.5, 0.6) is 11.5 Å². The van der Waals surface area contributed by atoms with E-state index in [1.807, 2.05) is 62.4 Å². The Hall–Kier alpha value is -2.27. The summed E-state index contributed by atoms with van der Waals surface area (Å²) in [6, 6.07) is 15.9. The lowest BCUT2D eigenvalue weighted by Gasteiger charge is -2.19. The molecular weight excluding hydrogens is 320 g/mol. The Morgan fingerprint density at radius 2 is 1.67 bits per heavy atom. The summed E-state index contributed by atoms with van der Waals surface area (Å²) < 4.78 is 11.3. The van der Waals surface area contributed by atoms with Gasteiger partial charge in [0.05, 0.1) is 19.3 Å². The van der Waals surface area contributed by atoms with Gasteiger partial charge in [-0.3, -0.25) is 0 Å². The van der Waals surface area contributed by atoms with Gasteiger partial charge in [0, 0.05) is 5.69 Å². The normalized spacial score (nSPS) is 11.5. The zero-order chi connectivity index (χ0) is 17.4. The van der Waals surface area contributed by atoms with Gasteiger partial charge < -0.3 is 20.1 Å². The maximum atomic E-state index is 5.68. The first-order chi connectivity index (χ1) is 11.6. The van der Waals surface area contributed by atoms with Gasteiger partial charge in [-0.15, -0.1) is 0 Å². The number of hydrogen-bond acceptors (Lipinski definition) is 3. The fourth-order valence-corrected chi connectivity index (χ4v) is 2.60. The van der Waals surface area contributed by atoms with Crippen LogP contribution in [0.15, 0.2) is 48.5 Å². The van der Waals surface area contributed by atoms with Gasteiger partial charge in [0.25, 0.3) is 0 Å². The van der Waals surface area contributed by atoms with E-state index in [2.05, 4.69) is 17.6 Å². The zero-order valence-corrected chi connectivity index (χ0v) is 15.2. The maximum Gasteiger partial charge on any atom is 0.171 e. The fourth-order valence-electron chi connectivity index (χ4n) is 2.31. The summed E-state index contributed by atoms with van der Waals surface area (Å²) in [5.74, 6) is 1.52. The number of anilines is 1. The minimum absolute atomic E-state index is 0.0450. The highest BCUT2D eigenvalue weighted by molar-refractivity contribution is 7.80. The first-order valence-electron chi connectivity index (χ1n) is 8.16. The van der Waals surface area contributed by atoms with Crippen LogP contribution in [-0.2, 0) is 0 Å². The van der Waals surface area contributed by atoms with Crippen molar-refractivity contribution in [2.45, 2.75) is 26.8 Å². The van der Waals surface area contributed by atoms with Gasteiger partial charge in [-0.1, -0.05) is 24.3 Å². The summed E-state index contributed by atoms with van der Waals surface area (Å²) in [7, 11) is 0. The van der Waals surface area contributed by atoms with E-state index >= 15 is 0 Å². The van der Waals surface area contributed by atoms with Gasteiger partial charge in [-0.25, -0.2) is 0 Å². The molecule has 0 spiro atoms. The number of para-hydroxylation sites is 1. The van der Waals surface area contributed by atoms with Crippen molar-refractivity contribution in [1.82, 2.24) is 5.32 Å². The Labute approximate surface area is 149 Å². The Balaban J connectivity index is 2.04. The van der Waals surface area contributed by atoms with Crippen molar-refractivity contribution in [2.75, 3.05) is 18.5 Å². The molecule has 0 aromatic heterocycles. The Kier molecular flexibility index (Phi) is 6.88. The molecule has 2 N–H and O–H groups in total. The highest BCUT2D eigenvalue weighted by atomic mass is 32.1. The average Bonchev–Trinajstić information content (AvgIpc) is 2.57. The van der Waals surface area contributed by atoms with Crippen molar-refractivity contribution in [3.05, 3.63) is 54.1 Å². The Bertz CT molecular complexity index is 662. The van der Waals surface area contributed by atoms with Crippen LogP contribution in [0, 0.1) is 0 Å². The number of ether oxygens (including phenoxy) is 2. The molecule has 0 bridgehead atoms. The van der Waals surface area contributed by atoms with Gasteiger partial charge >= 0.3 is 0 Å². The first kappa shape index (κ1) is 18.1. The van der Waals surface area contributed by atoms with Crippen LogP contribution in [0.2, 0.25) is 0 Å². The molecule has 0 aliphatic rings. The Morgan fingerprint density at radius 1 is 1.00 bits per heavy atom. The number of rotatable bonds is 7. The van der Waals surface area contributed by atoms with E-state index in [-0.39, 0.29) is 6.04 Å². The van der Waals surface area contributed by atoms with Crippen LogP contribution >= 0.6 is 12.2 Å². The molecule has 0 saturated heterocycles. The van der Waals surface area contributed by atoms with E-state index in [0.717, 1.165) is 22.7 Å². The lowest BCUT2D eigenvalue weighted by molar-refractivity contribution is 0.287. The topological polar surface area (TPSA) is 42.5 Å². The lowest BCUT2D eigenvalue weighted by Crippen LogP contribution is -2.30. The SMILES string of the molecule is CCOc1ccc([C@H](C)NC(=S)Nc2ccccc2)cc1OCC. The quantitative estimate of drug-likeness (QED) is 0.722. The number of nitrogens with one attached hydrogen (secondary N) is 2. The van der Waals surface area contributed by atoms with Gasteiger partial charge in [0.2, 0.25) is 0 Å². The van der Waals surface area contributed by atoms with Crippen molar-refractivity contribution < 1.29 is 9.47 Å². The molecule has 4 nitrogen and oxygen atoms in total. The summed E-state index contributed by atoms with van der Waals surface area (Å²) in [4.78, 5) is 0. The molecule has 0 aliphatic carbocycles. The summed E-state index contributed by atoms with van der Waals surface area (Å²) in [5.41, 5.74) is 2.04. The molecule has 2 aromatic carbocycles. The third-order valence-electron chi connectivity index (χ3n) is 3.45. The van der Waals surface area contributed by atoms with E-state index < -0.39 is 0 Å². The molecule has 2 aromatic rings. The largest absolute Gasteiger partial charge is 0.490 e. The molecule has 0 unspecified atom stereocenters. The summed E-state index contributed by atoms with van der Waals surface area (Å²) in [5, 5.41) is 7.05. The molecule has 5 heteroatoms. The molecule has 0 aliphatic heterocycles. The molecule has 24 heavy (non-hydrogen) atoms. The van der Waals surface area contributed by atoms with Crippen molar-refractivity contribution in [1.29, 1.82) is 0 Å². The minimum atomic E-state index is 0.0450. The lowest BCUT2D eigenvalue weighted by atomic mass is 10.1. The molecule has 128 valence electrons. The van der Waals surface area contributed by atoms with Gasteiger partial charge in [-0.2, -0.15) is 0 Å². The minimum Gasteiger partial charge on any atom is -0.490 e. The second-order valence-electron chi connectivity index (χ2n) is 5.26. The van der Waals surface area contributed by atoms with Crippen LogP contribution in [0.25, 0.3) is 0 Å². The van der Waals surface area contributed by atoms with Crippen LogP contribution in [-0.4, -0.2) is 18.3 Å². The highest BCUT2D eigenvalue weighted by Crippen LogP contribution is 2.30. The maximum absolute atomic E-state index is 5.68. The molecular formula is C19H24N2O2S. The number of hydrogen-bond donors (Lipinski definition) is 2. The van der Waals surface area contributed by atoms with Crippen LogP contribution in [0.1, 0.15) is 32.4 Å². The molecule has 0 radical (unpaired) electrons. The van der Waals surface area contributed by atoms with Crippen LogP contribution in [0.4, 0.5) is 5.69 Å². The van der Waals surface area contributed by atoms with Crippen molar-refractivity contribution in [2.24, 2.45) is 0 Å². The molecule has 0 heterocycles. The predicted octanol–water partition coefficient (Wildman–Crippen LogP) is 4.53. The summed E-state index contributed by atoms with van der Waals surface area (Å²) >= 11 is 5.39. The number of thiocarbonyl (C=S) groups is 1. The highest BCUT2D eigenvalue weighted by Gasteiger charge is 2.12. The molecule has 0 amide bonds. The van der Waals surface area contributed by atoms with E-state index in [9.17, 15) is 0 Å². The van der Waals surface area contributed by atoms with E-state index in [4.69, 9.17) is 21.7 Å². The van der Waals surface area contributed by atoms with Gasteiger partial charge in [0.1, 0.15) is 0 Å². The molecule has 1 atom stereocenters. The second-order valence-corrected chi connectivity index (χ2v) is 5.67. The van der Waals surface area contributed by atoms with E-state index in [0.29, 0.717) is 18.3 Å². The first-order valence-corrected chi connectivity index (χ1v) is 8.57. The smallest absolute Gasteiger partial charge is 0.171 e. The predicted molar refractivity (Wildman–Crippen MR) is 103 cm³/mol. The van der Waals surface area contributed by atoms with Crippen molar-refractivity contribution >= 4 is 23.0 Å². The van der Waals surface area contributed by atoms with Gasteiger partial charge in [-0.05, 0) is 62.8 Å². The van der Waals surface area contributed by atoms with Crippen molar-refractivity contribution in [3.63, 3.8) is 0 Å². The van der Waals surface area contributed by atoms with E-state index in [1.165, 1.54) is 0 Å². The average molecular weight is 344 g/mol. The van der Waals surface area contributed by atoms with Crippen LogP contribution < -0.4 is 20.1 Å².